The van der Waals surface area contributed by atoms with E-state index in [4.69, 9.17) is 0 Å². The Labute approximate surface area is 131 Å². The number of hydrogen-bond donors (Lipinski definition) is 2. The molecule has 0 saturated heterocycles. The van der Waals surface area contributed by atoms with Gasteiger partial charge in [-0.15, -0.1) is 10.2 Å². The first-order valence-corrected chi connectivity index (χ1v) is 7.60. The van der Waals surface area contributed by atoms with Crippen LogP contribution in [0.5, 0.6) is 0 Å². The second-order valence-corrected chi connectivity index (χ2v) is 5.53. The fourth-order valence-corrected chi connectivity index (χ4v) is 2.53. The lowest BCUT2D eigenvalue weighted by Gasteiger charge is -2.04. The third kappa shape index (κ3) is 3.67. The fourth-order valence-electron chi connectivity index (χ4n) is 1.89. The Hall–Kier alpha value is -2.73. The number of nitrogens with one attached hydrogen (secondary N) is 2. The van der Waals surface area contributed by atoms with Crippen LogP contribution >= 0.6 is 11.3 Å². The number of hydrogen-bond acceptors (Lipinski definition) is 5. The summed E-state index contributed by atoms with van der Waals surface area (Å²) in [5.41, 5.74) is 1.87. The maximum Gasteiger partial charge on any atom is 0.308 e. The molecule has 0 amide bonds. The molecule has 110 valence electrons. The zero-order valence-corrected chi connectivity index (χ0v) is 12.5. The number of aromatic nitrogens is 1. The topological polar surface area (TPSA) is 69.6 Å². The van der Waals surface area contributed by atoms with Gasteiger partial charge in [-0.3, -0.25) is 9.78 Å². The highest BCUT2D eigenvalue weighted by Gasteiger charge is 2.07. The minimum absolute atomic E-state index is 0.155. The molecule has 2 aromatic carbocycles. The second kappa shape index (κ2) is 6.82. The summed E-state index contributed by atoms with van der Waals surface area (Å²) in [6.07, 6.45) is 0. The molecular weight excluding hydrogens is 296 g/mol. The number of H-pyrrole nitrogens is 1. The predicted molar refractivity (Wildman–Crippen MR) is 89.3 cm³/mol. The SMILES string of the molecule is O=c1[nH]c(NCc2ccccc2)c(N=Nc2ccccc2)s1. The van der Waals surface area contributed by atoms with Crippen LogP contribution in [0.15, 0.2) is 75.7 Å². The molecule has 0 bridgehead atoms. The minimum Gasteiger partial charge on any atom is -0.365 e. The van der Waals surface area contributed by atoms with Gasteiger partial charge in [-0.05, 0) is 17.7 Å². The van der Waals surface area contributed by atoms with Crippen LogP contribution in [0.4, 0.5) is 16.5 Å². The first-order valence-electron chi connectivity index (χ1n) is 6.79. The summed E-state index contributed by atoms with van der Waals surface area (Å²) < 4.78 is 0. The van der Waals surface area contributed by atoms with Crippen LogP contribution < -0.4 is 10.2 Å². The van der Waals surface area contributed by atoms with E-state index in [1.54, 1.807) is 0 Å². The molecule has 0 aliphatic heterocycles. The van der Waals surface area contributed by atoms with Crippen molar-refractivity contribution in [1.82, 2.24) is 4.98 Å². The number of benzene rings is 2. The molecule has 0 unspecified atom stereocenters. The van der Waals surface area contributed by atoms with Crippen molar-refractivity contribution in [1.29, 1.82) is 0 Å². The van der Waals surface area contributed by atoms with Gasteiger partial charge in [0.2, 0.25) is 0 Å². The highest BCUT2D eigenvalue weighted by atomic mass is 32.1. The Morgan fingerprint density at radius 1 is 0.955 bits per heavy atom. The summed E-state index contributed by atoms with van der Waals surface area (Å²) in [5, 5.41) is 12.0. The molecule has 0 atom stereocenters. The summed E-state index contributed by atoms with van der Waals surface area (Å²) in [6.45, 7) is 0.612. The van der Waals surface area contributed by atoms with Crippen molar-refractivity contribution in [3.63, 3.8) is 0 Å². The average Bonchev–Trinajstić information content (AvgIpc) is 2.93. The molecule has 1 aromatic heterocycles. The molecule has 1 heterocycles. The van der Waals surface area contributed by atoms with Crippen LogP contribution in [0.1, 0.15) is 5.56 Å². The van der Waals surface area contributed by atoms with Crippen molar-refractivity contribution in [2.75, 3.05) is 5.32 Å². The third-order valence-electron chi connectivity index (χ3n) is 2.95. The van der Waals surface area contributed by atoms with E-state index in [2.05, 4.69) is 20.5 Å². The van der Waals surface area contributed by atoms with E-state index < -0.39 is 0 Å². The van der Waals surface area contributed by atoms with Crippen LogP contribution in [0, 0.1) is 0 Å². The highest BCUT2D eigenvalue weighted by Crippen LogP contribution is 2.28. The monoisotopic (exact) mass is 310 g/mol. The summed E-state index contributed by atoms with van der Waals surface area (Å²) in [4.78, 5) is 14.1. The van der Waals surface area contributed by atoms with Crippen LogP contribution in [0.25, 0.3) is 0 Å². The lowest BCUT2D eigenvalue weighted by atomic mass is 10.2. The minimum atomic E-state index is -0.155. The maximum atomic E-state index is 11.6. The Morgan fingerprint density at radius 3 is 2.36 bits per heavy atom. The molecule has 0 fully saturated rings. The summed E-state index contributed by atoms with van der Waals surface area (Å²) in [6, 6.07) is 19.4. The van der Waals surface area contributed by atoms with Crippen molar-refractivity contribution in [3.8, 4) is 0 Å². The molecule has 0 saturated carbocycles. The van der Waals surface area contributed by atoms with Gasteiger partial charge in [0, 0.05) is 6.54 Å². The number of thiazole rings is 1. The number of anilines is 1. The molecule has 22 heavy (non-hydrogen) atoms. The van der Waals surface area contributed by atoms with Gasteiger partial charge < -0.3 is 5.32 Å². The summed E-state index contributed by atoms with van der Waals surface area (Å²) >= 11 is 1.03. The second-order valence-electron chi connectivity index (χ2n) is 4.57. The first kappa shape index (κ1) is 14.2. The highest BCUT2D eigenvalue weighted by molar-refractivity contribution is 7.13. The Morgan fingerprint density at radius 2 is 1.64 bits per heavy atom. The van der Waals surface area contributed by atoms with Gasteiger partial charge in [-0.2, -0.15) is 0 Å². The molecule has 0 aliphatic carbocycles. The van der Waals surface area contributed by atoms with Crippen molar-refractivity contribution >= 4 is 27.8 Å². The zero-order valence-electron chi connectivity index (χ0n) is 11.7. The van der Waals surface area contributed by atoms with Crippen LogP contribution in [-0.2, 0) is 6.54 Å². The Bertz CT molecular complexity index is 809. The van der Waals surface area contributed by atoms with Gasteiger partial charge in [-0.1, -0.05) is 59.9 Å². The van der Waals surface area contributed by atoms with Gasteiger partial charge >= 0.3 is 4.87 Å². The van der Waals surface area contributed by atoms with E-state index in [9.17, 15) is 4.79 Å². The van der Waals surface area contributed by atoms with E-state index in [1.807, 2.05) is 60.7 Å². The summed E-state index contributed by atoms with van der Waals surface area (Å²) in [5.74, 6) is 0.596. The molecule has 5 nitrogen and oxygen atoms in total. The quantitative estimate of drug-likeness (QED) is 0.683. The Balaban J connectivity index is 1.75. The Kier molecular flexibility index (Phi) is 4.41. The van der Waals surface area contributed by atoms with Gasteiger partial charge in [-0.25, -0.2) is 0 Å². The average molecular weight is 310 g/mol. The van der Waals surface area contributed by atoms with Crippen molar-refractivity contribution in [2.24, 2.45) is 10.2 Å². The molecule has 6 heteroatoms. The number of nitrogens with zero attached hydrogens (tertiary/aromatic N) is 2. The summed E-state index contributed by atoms with van der Waals surface area (Å²) in [7, 11) is 0. The molecule has 0 spiro atoms. The lowest BCUT2D eigenvalue weighted by molar-refractivity contribution is 1.11. The molecular formula is C16H14N4OS. The smallest absolute Gasteiger partial charge is 0.308 e. The predicted octanol–water partition coefficient (Wildman–Crippen LogP) is 4.46. The number of azo groups is 1. The van der Waals surface area contributed by atoms with Crippen LogP contribution in [0.2, 0.25) is 0 Å². The van der Waals surface area contributed by atoms with E-state index in [0.717, 1.165) is 22.6 Å². The zero-order chi connectivity index (χ0) is 15.2. The van der Waals surface area contributed by atoms with Gasteiger partial charge in [0.25, 0.3) is 0 Å². The number of aromatic amines is 1. The van der Waals surface area contributed by atoms with Gasteiger partial charge in [0.1, 0.15) is 5.82 Å². The normalized spacial score (nSPS) is 10.9. The van der Waals surface area contributed by atoms with E-state index >= 15 is 0 Å². The van der Waals surface area contributed by atoms with Crippen molar-refractivity contribution in [2.45, 2.75) is 6.54 Å². The van der Waals surface area contributed by atoms with Crippen molar-refractivity contribution < 1.29 is 0 Å². The van der Waals surface area contributed by atoms with Crippen LogP contribution in [0.3, 0.4) is 0 Å². The molecule has 3 rings (SSSR count). The first-order chi connectivity index (χ1) is 10.8. The van der Waals surface area contributed by atoms with Crippen LogP contribution in [-0.4, -0.2) is 4.98 Å². The van der Waals surface area contributed by atoms with Gasteiger partial charge in [0.05, 0.1) is 5.69 Å². The third-order valence-corrected chi connectivity index (χ3v) is 3.72. The largest absolute Gasteiger partial charge is 0.365 e. The fraction of sp³-hybridized carbons (Fsp3) is 0.0625. The molecule has 3 aromatic rings. The molecule has 0 aliphatic rings. The van der Waals surface area contributed by atoms with E-state index in [0.29, 0.717) is 17.4 Å². The maximum absolute atomic E-state index is 11.6. The standard InChI is InChI=1S/C16H14N4OS/c21-16-18-14(17-11-12-7-3-1-4-8-12)15(22-16)20-19-13-9-5-2-6-10-13/h1-10,17H,11H2,(H,18,21). The number of rotatable bonds is 5. The van der Waals surface area contributed by atoms with E-state index in [-0.39, 0.29) is 4.87 Å². The van der Waals surface area contributed by atoms with Gasteiger partial charge in [0.15, 0.2) is 5.00 Å². The van der Waals surface area contributed by atoms with E-state index in [1.165, 1.54) is 0 Å². The lowest BCUT2D eigenvalue weighted by Crippen LogP contribution is -2.02. The van der Waals surface area contributed by atoms with Crippen molar-refractivity contribution in [3.05, 3.63) is 75.9 Å². The molecule has 2 N–H and O–H groups in total. The molecule has 0 radical (unpaired) electrons.